The predicted molar refractivity (Wildman–Crippen MR) is 91.1 cm³/mol. The van der Waals surface area contributed by atoms with Gasteiger partial charge in [-0.25, -0.2) is 9.18 Å². The number of halogens is 1. The number of likely N-dealkylation sites (tertiary alicyclic amines) is 1. The molecular formula is C18H17FN4O4. The highest BCUT2D eigenvalue weighted by Gasteiger charge is 2.51. The summed E-state index contributed by atoms with van der Waals surface area (Å²) in [6, 6.07) is 6.81. The fourth-order valence-electron chi connectivity index (χ4n) is 3.47. The van der Waals surface area contributed by atoms with Crippen LogP contribution in [0.15, 0.2) is 34.9 Å². The maximum absolute atomic E-state index is 13.0. The molecule has 3 heterocycles. The lowest BCUT2D eigenvalue weighted by atomic mass is 9.87. The van der Waals surface area contributed by atoms with Gasteiger partial charge in [0.25, 0.3) is 11.8 Å². The van der Waals surface area contributed by atoms with E-state index < -0.39 is 11.6 Å². The topological polar surface area (TPSA) is 95.8 Å². The van der Waals surface area contributed by atoms with Crippen molar-refractivity contribution >= 4 is 17.8 Å². The Hall–Kier alpha value is -3.23. The van der Waals surface area contributed by atoms with Gasteiger partial charge in [-0.3, -0.25) is 14.5 Å². The fraction of sp³-hybridized carbons (Fsp3) is 0.333. The maximum atomic E-state index is 13.0. The number of likely N-dealkylation sites (N-methyl/N-ethyl adjacent to an activating group) is 1. The Balaban J connectivity index is 1.45. The van der Waals surface area contributed by atoms with Crippen LogP contribution >= 0.6 is 0 Å². The van der Waals surface area contributed by atoms with Gasteiger partial charge >= 0.3 is 6.03 Å². The zero-order valence-electron chi connectivity index (χ0n) is 14.6. The molecule has 0 atom stereocenters. The number of urea groups is 1. The van der Waals surface area contributed by atoms with E-state index in [1.165, 1.54) is 25.2 Å². The van der Waals surface area contributed by atoms with Crippen molar-refractivity contribution in [1.82, 2.24) is 20.3 Å². The van der Waals surface area contributed by atoms with Crippen molar-refractivity contribution in [3.05, 3.63) is 41.9 Å². The summed E-state index contributed by atoms with van der Waals surface area (Å²) in [6.07, 6.45) is 0.680. The monoisotopic (exact) mass is 372 g/mol. The normalized spacial score (nSPS) is 18.9. The van der Waals surface area contributed by atoms with Gasteiger partial charge in [0.05, 0.1) is 0 Å². The Bertz CT molecular complexity index is 916. The van der Waals surface area contributed by atoms with E-state index >= 15 is 0 Å². The fourth-order valence-corrected chi connectivity index (χ4v) is 3.47. The molecule has 1 aromatic carbocycles. The van der Waals surface area contributed by atoms with Crippen LogP contribution in [0, 0.1) is 5.82 Å². The molecule has 1 aromatic heterocycles. The van der Waals surface area contributed by atoms with Crippen molar-refractivity contribution in [1.29, 1.82) is 0 Å². The van der Waals surface area contributed by atoms with E-state index in [4.69, 9.17) is 4.52 Å². The number of hydrogen-bond acceptors (Lipinski definition) is 5. The van der Waals surface area contributed by atoms with Crippen molar-refractivity contribution in [2.45, 2.75) is 18.4 Å². The highest BCUT2D eigenvalue weighted by molar-refractivity contribution is 6.07. The van der Waals surface area contributed by atoms with Crippen molar-refractivity contribution < 1.29 is 23.3 Å². The zero-order chi connectivity index (χ0) is 19.2. The Morgan fingerprint density at radius 3 is 2.48 bits per heavy atom. The first kappa shape index (κ1) is 17.2. The zero-order valence-corrected chi connectivity index (χ0v) is 14.6. The lowest BCUT2D eigenvalue weighted by Crippen LogP contribution is -2.55. The molecule has 0 aliphatic carbocycles. The molecule has 27 heavy (non-hydrogen) atoms. The number of imide groups is 1. The van der Waals surface area contributed by atoms with Gasteiger partial charge < -0.3 is 14.7 Å². The molecule has 2 aliphatic heterocycles. The number of piperidine rings is 1. The van der Waals surface area contributed by atoms with Crippen LogP contribution in [0.2, 0.25) is 0 Å². The number of aromatic nitrogens is 1. The molecule has 0 unspecified atom stereocenters. The SMILES string of the molecule is CN1C(=O)NC2(CCN(C(=O)c3cc(-c4ccc(F)cc4)no3)CC2)C1=O. The predicted octanol–water partition coefficient (Wildman–Crippen LogP) is 1.64. The second kappa shape index (κ2) is 6.19. The summed E-state index contributed by atoms with van der Waals surface area (Å²) in [5.74, 6) is -0.891. The number of amides is 4. The molecule has 0 saturated carbocycles. The summed E-state index contributed by atoms with van der Waals surface area (Å²) in [7, 11) is 1.44. The van der Waals surface area contributed by atoms with Crippen molar-refractivity contribution in [2.24, 2.45) is 0 Å². The second-order valence-corrected chi connectivity index (χ2v) is 6.75. The van der Waals surface area contributed by atoms with Crippen LogP contribution in [0.5, 0.6) is 0 Å². The van der Waals surface area contributed by atoms with Crippen LogP contribution in [-0.2, 0) is 4.79 Å². The number of nitrogens with zero attached hydrogens (tertiary/aromatic N) is 3. The third kappa shape index (κ3) is 2.84. The number of nitrogens with one attached hydrogen (secondary N) is 1. The van der Waals surface area contributed by atoms with Gasteiger partial charge in [0.1, 0.15) is 17.1 Å². The summed E-state index contributed by atoms with van der Waals surface area (Å²) in [5.41, 5.74) is 0.148. The number of rotatable bonds is 2. The van der Waals surface area contributed by atoms with Gasteiger partial charge in [0.2, 0.25) is 5.76 Å². The molecule has 0 bridgehead atoms. The number of carbonyl (C=O) groups excluding carboxylic acids is 3. The minimum absolute atomic E-state index is 0.0733. The Morgan fingerprint density at radius 2 is 1.89 bits per heavy atom. The number of carbonyl (C=O) groups is 3. The molecular weight excluding hydrogens is 355 g/mol. The largest absolute Gasteiger partial charge is 0.350 e. The van der Waals surface area contributed by atoms with Gasteiger partial charge in [0, 0.05) is 31.8 Å². The smallest absolute Gasteiger partial charge is 0.324 e. The summed E-state index contributed by atoms with van der Waals surface area (Å²) in [6.45, 7) is 0.622. The Kier molecular flexibility index (Phi) is 3.94. The highest BCUT2D eigenvalue weighted by Crippen LogP contribution is 2.30. The summed E-state index contributed by atoms with van der Waals surface area (Å²) in [4.78, 5) is 39.3. The van der Waals surface area contributed by atoms with Crippen LogP contribution in [0.3, 0.4) is 0 Å². The van der Waals surface area contributed by atoms with Gasteiger partial charge in [-0.2, -0.15) is 0 Å². The van der Waals surface area contributed by atoms with E-state index in [9.17, 15) is 18.8 Å². The molecule has 1 spiro atoms. The number of hydrogen-bond donors (Lipinski definition) is 1. The molecule has 140 valence electrons. The lowest BCUT2D eigenvalue weighted by Gasteiger charge is -2.36. The first-order chi connectivity index (χ1) is 12.9. The van der Waals surface area contributed by atoms with E-state index in [-0.39, 0.29) is 23.4 Å². The third-order valence-corrected chi connectivity index (χ3v) is 5.13. The first-order valence-electron chi connectivity index (χ1n) is 8.52. The second-order valence-electron chi connectivity index (χ2n) is 6.75. The maximum Gasteiger partial charge on any atom is 0.324 e. The average Bonchev–Trinajstić information content (AvgIpc) is 3.24. The minimum atomic E-state index is -0.927. The molecule has 2 aliphatic rings. The molecule has 0 radical (unpaired) electrons. The quantitative estimate of drug-likeness (QED) is 0.809. The van der Waals surface area contributed by atoms with Gasteiger partial charge in [-0.15, -0.1) is 0 Å². The van der Waals surface area contributed by atoms with E-state index in [0.717, 1.165) is 4.90 Å². The standard InChI is InChI=1S/C18H17FN4O4/c1-22-16(25)18(20-17(22)26)6-8-23(9-7-18)15(24)14-10-13(21-27-14)11-2-4-12(19)5-3-11/h2-5,10H,6-9H2,1H3,(H,20,26). The van der Waals surface area contributed by atoms with Crippen molar-refractivity contribution in [2.75, 3.05) is 20.1 Å². The van der Waals surface area contributed by atoms with Crippen molar-refractivity contribution in [3.63, 3.8) is 0 Å². The van der Waals surface area contributed by atoms with E-state index in [0.29, 0.717) is 37.2 Å². The van der Waals surface area contributed by atoms with E-state index in [1.54, 1.807) is 17.0 Å². The van der Waals surface area contributed by atoms with Gasteiger partial charge in [0.15, 0.2) is 0 Å². The molecule has 4 amide bonds. The van der Waals surface area contributed by atoms with Crippen LogP contribution in [0.1, 0.15) is 23.4 Å². The average molecular weight is 372 g/mol. The number of benzene rings is 1. The van der Waals surface area contributed by atoms with E-state index in [2.05, 4.69) is 10.5 Å². The van der Waals surface area contributed by atoms with Crippen LogP contribution in [0.4, 0.5) is 9.18 Å². The molecule has 1 N–H and O–H groups in total. The summed E-state index contributed by atoms with van der Waals surface area (Å²) in [5, 5.41) is 6.60. The molecule has 4 rings (SSSR count). The molecule has 9 heteroatoms. The van der Waals surface area contributed by atoms with Crippen LogP contribution < -0.4 is 5.32 Å². The highest BCUT2D eigenvalue weighted by atomic mass is 19.1. The van der Waals surface area contributed by atoms with E-state index in [1.807, 2.05) is 0 Å². The molecule has 2 saturated heterocycles. The Morgan fingerprint density at radius 1 is 1.22 bits per heavy atom. The van der Waals surface area contributed by atoms with Gasteiger partial charge in [-0.1, -0.05) is 5.16 Å². The van der Waals surface area contributed by atoms with Gasteiger partial charge in [-0.05, 0) is 37.1 Å². The summed E-state index contributed by atoms with van der Waals surface area (Å²) < 4.78 is 18.2. The summed E-state index contributed by atoms with van der Waals surface area (Å²) >= 11 is 0. The molecule has 2 aromatic rings. The Labute approximate surface area is 153 Å². The van der Waals surface area contributed by atoms with Crippen LogP contribution in [-0.4, -0.2) is 58.5 Å². The van der Waals surface area contributed by atoms with Crippen molar-refractivity contribution in [3.8, 4) is 11.3 Å². The molecule has 2 fully saturated rings. The minimum Gasteiger partial charge on any atom is -0.350 e. The lowest BCUT2D eigenvalue weighted by molar-refractivity contribution is -0.131. The molecule has 8 nitrogen and oxygen atoms in total. The van der Waals surface area contributed by atoms with Crippen LogP contribution in [0.25, 0.3) is 11.3 Å². The first-order valence-corrected chi connectivity index (χ1v) is 8.52. The third-order valence-electron chi connectivity index (χ3n) is 5.13.